The van der Waals surface area contributed by atoms with Crippen molar-refractivity contribution < 1.29 is 29.1 Å². The molecule has 1 aromatic rings. The summed E-state index contributed by atoms with van der Waals surface area (Å²) in [5.41, 5.74) is 11.9. The summed E-state index contributed by atoms with van der Waals surface area (Å²) in [7, 11) is 0. The van der Waals surface area contributed by atoms with Gasteiger partial charge in [-0.15, -0.1) is 0 Å². The van der Waals surface area contributed by atoms with E-state index in [4.69, 9.17) is 11.5 Å². The second kappa shape index (κ2) is 16.6. The van der Waals surface area contributed by atoms with Gasteiger partial charge in [-0.3, -0.25) is 19.2 Å². The van der Waals surface area contributed by atoms with Crippen LogP contribution in [0.3, 0.4) is 0 Å². The lowest BCUT2D eigenvalue weighted by Crippen LogP contribution is -2.58. The SMILES string of the molecule is CC(C)CC(NC(=O)C(Cc1ccccc1)NC(=O)C(CCCCN)NC(=O)C1CCCN1C(=O)CN)C(=O)O. The molecule has 1 aromatic carbocycles. The Morgan fingerprint density at radius 1 is 0.950 bits per heavy atom. The van der Waals surface area contributed by atoms with Gasteiger partial charge < -0.3 is 37.4 Å². The van der Waals surface area contributed by atoms with Crippen molar-refractivity contribution >= 4 is 29.6 Å². The van der Waals surface area contributed by atoms with Gasteiger partial charge in [-0.2, -0.15) is 0 Å². The third-order valence-corrected chi connectivity index (χ3v) is 6.87. The summed E-state index contributed by atoms with van der Waals surface area (Å²) in [6.07, 6.45) is 2.91. The second-order valence-electron chi connectivity index (χ2n) is 10.6. The van der Waals surface area contributed by atoms with Gasteiger partial charge in [-0.05, 0) is 56.6 Å². The van der Waals surface area contributed by atoms with E-state index < -0.39 is 47.9 Å². The van der Waals surface area contributed by atoms with Crippen LogP contribution in [0.1, 0.15) is 57.9 Å². The molecule has 222 valence electrons. The summed E-state index contributed by atoms with van der Waals surface area (Å²) in [6, 6.07) is 5.13. The van der Waals surface area contributed by atoms with Crippen molar-refractivity contribution in [2.45, 2.75) is 83.0 Å². The largest absolute Gasteiger partial charge is 0.480 e. The van der Waals surface area contributed by atoms with Crippen LogP contribution < -0.4 is 27.4 Å². The number of amides is 4. The molecule has 40 heavy (non-hydrogen) atoms. The zero-order valence-electron chi connectivity index (χ0n) is 23.4. The zero-order valence-corrected chi connectivity index (χ0v) is 23.4. The van der Waals surface area contributed by atoms with E-state index in [1.165, 1.54) is 4.90 Å². The molecule has 0 radical (unpaired) electrons. The Kier molecular flexibility index (Phi) is 13.5. The molecule has 4 amide bonds. The van der Waals surface area contributed by atoms with E-state index in [-0.39, 0.29) is 37.6 Å². The number of carbonyl (C=O) groups is 5. The fourth-order valence-electron chi connectivity index (χ4n) is 4.78. The van der Waals surface area contributed by atoms with Gasteiger partial charge >= 0.3 is 5.97 Å². The van der Waals surface area contributed by atoms with Crippen LogP contribution in [-0.4, -0.2) is 83.4 Å². The Morgan fingerprint density at radius 2 is 1.60 bits per heavy atom. The van der Waals surface area contributed by atoms with Crippen LogP contribution in [-0.2, 0) is 30.4 Å². The van der Waals surface area contributed by atoms with Crippen molar-refractivity contribution in [3.05, 3.63) is 35.9 Å². The predicted octanol–water partition coefficient (Wildman–Crippen LogP) is -0.107. The quantitative estimate of drug-likeness (QED) is 0.151. The first kappa shape index (κ1) is 32.7. The molecule has 12 heteroatoms. The highest BCUT2D eigenvalue weighted by molar-refractivity contribution is 5.95. The average Bonchev–Trinajstić information content (AvgIpc) is 3.42. The van der Waals surface area contributed by atoms with E-state index >= 15 is 0 Å². The van der Waals surface area contributed by atoms with E-state index in [1.54, 1.807) is 24.3 Å². The van der Waals surface area contributed by atoms with Crippen LogP contribution in [0.2, 0.25) is 0 Å². The van der Waals surface area contributed by atoms with Gasteiger partial charge in [0.2, 0.25) is 23.6 Å². The van der Waals surface area contributed by atoms with Gasteiger partial charge in [0, 0.05) is 13.0 Å². The first-order valence-corrected chi connectivity index (χ1v) is 13.9. The van der Waals surface area contributed by atoms with Crippen molar-refractivity contribution in [2.24, 2.45) is 17.4 Å². The number of aliphatic carboxylic acids is 1. The molecule has 0 aromatic heterocycles. The van der Waals surface area contributed by atoms with E-state index in [0.29, 0.717) is 38.8 Å². The van der Waals surface area contributed by atoms with E-state index in [2.05, 4.69) is 16.0 Å². The highest BCUT2D eigenvalue weighted by Crippen LogP contribution is 2.18. The van der Waals surface area contributed by atoms with E-state index in [1.807, 2.05) is 19.9 Å². The van der Waals surface area contributed by atoms with Gasteiger partial charge in [0.1, 0.15) is 24.2 Å². The van der Waals surface area contributed by atoms with Crippen LogP contribution in [0.4, 0.5) is 0 Å². The number of unbranched alkanes of at least 4 members (excludes halogenated alkanes) is 1. The van der Waals surface area contributed by atoms with Gasteiger partial charge in [-0.1, -0.05) is 44.2 Å². The minimum absolute atomic E-state index is 0.0204. The maximum absolute atomic E-state index is 13.5. The number of benzene rings is 1. The smallest absolute Gasteiger partial charge is 0.326 e. The normalized spacial score (nSPS) is 17.1. The average molecular weight is 561 g/mol. The topological polar surface area (TPSA) is 197 Å². The van der Waals surface area contributed by atoms with Crippen molar-refractivity contribution in [1.82, 2.24) is 20.9 Å². The van der Waals surface area contributed by atoms with Crippen molar-refractivity contribution in [3.8, 4) is 0 Å². The minimum atomic E-state index is -1.16. The van der Waals surface area contributed by atoms with Crippen molar-refractivity contribution in [2.75, 3.05) is 19.6 Å². The maximum Gasteiger partial charge on any atom is 0.326 e. The molecule has 2 rings (SSSR count). The van der Waals surface area contributed by atoms with Crippen molar-refractivity contribution in [1.29, 1.82) is 0 Å². The van der Waals surface area contributed by atoms with Gasteiger partial charge in [0.25, 0.3) is 0 Å². The molecule has 1 aliphatic heterocycles. The van der Waals surface area contributed by atoms with Crippen LogP contribution in [0, 0.1) is 5.92 Å². The third-order valence-electron chi connectivity index (χ3n) is 6.87. The lowest BCUT2D eigenvalue weighted by molar-refractivity contribution is -0.142. The highest BCUT2D eigenvalue weighted by atomic mass is 16.4. The fourth-order valence-corrected chi connectivity index (χ4v) is 4.78. The number of nitrogens with zero attached hydrogens (tertiary/aromatic N) is 1. The predicted molar refractivity (Wildman–Crippen MR) is 150 cm³/mol. The zero-order chi connectivity index (χ0) is 29.7. The number of rotatable bonds is 16. The van der Waals surface area contributed by atoms with Crippen LogP contribution >= 0.6 is 0 Å². The summed E-state index contributed by atoms with van der Waals surface area (Å²) in [5, 5.41) is 17.7. The molecular weight excluding hydrogens is 516 g/mol. The molecule has 0 bridgehead atoms. The Morgan fingerprint density at radius 3 is 2.20 bits per heavy atom. The molecule has 1 fully saturated rings. The first-order chi connectivity index (χ1) is 19.1. The number of hydrogen-bond donors (Lipinski definition) is 6. The van der Waals surface area contributed by atoms with Crippen molar-refractivity contribution in [3.63, 3.8) is 0 Å². The minimum Gasteiger partial charge on any atom is -0.480 e. The van der Waals surface area contributed by atoms with Crippen LogP contribution in [0.5, 0.6) is 0 Å². The monoisotopic (exact) mass is 560 g/mol. The molecule has 0 spiro atoms. The second-order valence-corrected chi connectivity index (χ2v) is 10.6. The molecule has 1 heterocycles. The number of nitrogens with one attached hydrogen (secondary N) is 3. The van der Waals surface area contributed by atoms with E-state index in [9.17, 15) is 29.1 Å². The molecule has 1 aliphatic rings. The third kappa shape index (κ3) is 10.2. The number of hydrogen-bond acceptors (Lipinski definition) is 7. The first-order valence-electron chi connectivity index (χ1n) is 13.9. The Hall–Kier alpha value is -3.51. The summed E-state index contributed by atoms with van der Waals surface area (Å²) >= 11 is 0. The van der Waals surface area contributed by atoms with E-state index in [0.717, 1.165) is 5.56 Å². The lowest BCUT2D eigenvalue weighted by atomic mass is 10.0. The van der Waals surface area contributed by atoms with Gasteiger partial charge in [0.15, 0.2) is 0 Å². The fraction of sp³-hybridized carbons (Fsp3) is 0.607. The van der Waals surface area contributed by atoms with Gasteiger partial charge in [-0.25, -0.2) is 4.79 Å². The number of carbonyl (C=O) groups excluding carboxylic acids is 4. The number of carboxylic acid groups (broad SMARTS) is 1. The molecule has 4 atom stereocenters. The van der Waals surface area contributed by atoms with Crippen LogP contribution in [0.25, 0.3) is 0 Å². The van der Waals surface area contributed by atoms with Crippen LogP contribution in [0.15, 0.2) is 30.3 Å². The number of carboxylic acids is 1. The molecule has 12 nitrogen and oxygen atoms in total. The highest BCUT2D eigenvalue weighted by Gasteiger charge is 2.36. The lowest BCUT2D eigenvalue weighted by Gasteiger charge is -2.28. The molecule has 1 saturated heterocycles. The molecule has 0 saturated carbocycles. The molecule has 4 unspecified atom stereocenters. The number of nitrogens with two attached hydrogens (primary N) is 2. The standard InChI is InChI=1S/C28H44N6O6/c1-18(2)15-22(28(39)40)33-26(37)21(16-19-9-4-3-5-10-19)32-25(36)20(11-6-7-13-29)31-27(38)23-12-8-14-34(23)24(35)17-30/h3-5,9-10,18,20-23H,6-8,11-17,29-30H2,1-2H3,(H,31,38)(H,32,36)(H,33,37)(H,39,40). The Labute approximate surface area is 235 Å². The number of likely N-dealkylation sites (tertiary alicyclic amines) is 1. The summed E-state index contributed by atoms with van der Waals surface area (Å²) < 4.78 is 0. The summed E-state index contributed by atoms with van der Waals surface area (Å²) in [6.45, 7) is 4.32. The molecular formula is C28H44N6O6. The van der Waals surface area contributed by atoms with Gasteiger partial charge in [0.05, 0.1) is 6.54 Å². The maximum atomic E-state index is 13.5. The molecule has 0 aliphatic carbocycles. The molecule has 8 N–H and O–H groups in total. The summed E-state index contributed by atoms with van der Waals surface area (Å²) in [5.74, 6) is -3.14. The Balaban J connectivity index is 2.24. The Bertz CT molecular complexity index is 1000. The summed E-state index contributed by atoms with van der Waals surface area (Å²) in [4.78, 5) is 65.4.